The topological polar surface area (TPSA) is 50.4 Å². The highest BCUT2D eigenvalue weighted by Gasteiger charge is 2.33. The van der Waals surface area contributed by atoms with E-state index in [2.05, 4.69) is 10.9 Å². The van der Waals surface area contributed by atoms with Crippen LogP contribution in [0.2, 0.25) is 0 Å². The number of hydrazine groups is 1. The van der Waals surface area contributed by atoms with Gasteiger partial charge in [0.05, 0.1) is 11.3 Å². The third kappa shape index (κ3) is 5.03. The van der Waals surface area contributed by atoms with E-state index in [1.54, 1.807) is 12.1 Å². The zero-order valence-corrected chi connectivity index (χ0v) is 14.7. The minimum Gasteiger partial charge on any atom is -0.489 e. The van der Waals surface area contributed by atoms with Gasteiger partial charge in [-0.05, 0) is 42.0 Å². The van der Waals surface area contributed by atoms with Crippen LogP contribution in [0.5, 0.6) is 5.75 Å². The summed E-state index contributed by atoms with van der Waals surface area (Å²) in [6.07, 6.45) is -4.52. The summed E-state index contributed by atoms with van der Waals surface area (Å²) in [7, 11) is 0. The number of hydrogen-bond acceptors (Lipinski definition) is 3. The molecule has 3 aromatic rings. The number of ether oxygens (including phenoxy) is 1. The summed E-state index contributed by atoms with van der Waals surface area (Å²) in [5, 5.41) is 0. The summed E-state index contributed by atoms with van der Waals surface area (Å²) < 4.78 is 44.5. The highest BCUT2D eigenvalue weighted by Crippen LogP contribution is 2.34. The predicted octanol–water partition coefficient (Wildman–Crippen LogP) is 5.04. The molecule has 0 spiro atoms. The summed E-state index contributed by atoms with van der Waals surface area (Å²) in [5.41, 5.74) is 4.80. The number of hydrogen-bond donors (Lipinski definition) is 2. The molecule has 7 heteroatoms. The lowest BCUT2D eigenvalue weighted by Gasteiger charge is -2.15. The Hall–Kier alpha value is -3.48. The third-order valence-electron chi connectivity index (χ3n) is 3.91. The maximum absolute atomic E-state index is 13.0. The first-order valence-electron chi connectivity index (χ1n) is 8.43. The van der Waals surface area contributed by atoms with Gasteiger partial charge in [-0.1, -0.05) is 42.5 Å². The van der Waals surface area contributed by atoms with Crippen LogP contribution in [0.3, 0.4) is 0 Å². The van der Waals surface area contributed by atoms with Crippen molar-refractivity contribution >= 4 is 11.6 Å². The fourth-order valence-corrected chi connectivity index (χ4v) is 2.48. The molecule has 28 heavy (non-hydrogen) atoms. The quantitative estimate of drug-likeness (QED) is 0.584. The van der Waals surface area contributed by atoms with Crippen molar-refractivity contribution < 1.29 is 22.7 Å². The molecule has 0 atom stereocenters. The van der Waals surface area contributed by atoms with Crippen LogP contribution in [0.1, 0.15) is 21.5 Å². The number of halogens is 3. The molecule has 0 aliphatic carbocycles. The molecule has 144 valence electrons. The maximum Gasteiger partial charge on any atom is 0.418 e. The van der Waals surface area contributed by atoms with Crippen LogP contribution in [0, 0.1) is 0 Å². The van der Waals surface area contributed by atoms with Crippen molar-refractivity contribution in [2.75, 3.05) is 5.43 Å². The van der Waals surface area contributed by atoms with Crippen molar-refractivity contribution in [3.05, 3.63) is 95.6 Å². The van der Waals surface area contributed by atoms with Crippen LogP contribution in [0.4, 0.5) is 18.9 Å². The van der Waals surface area contributed by atoms with Crippen LogP contribution < -0.4 is 15.6 Å². The van der Waals surface area contributed by atoms with Crippen LogP contribution in [-0.2, 0) is 12.8 Å². The van der Waals surface area contributed by atoms with E-state index in [4.69, 9.17) is 4.74 Å². The number of anilines is 1. The van der Waals surface area contributed by atoms with Gasteiger partial charge in [-0.15, -0.1) is 0 Å². The Morgan fingerprint density at radius 3 is 2.18 bits per heavy atom. The van der Waals surface area contributed by atoms with Gasteiger partial charge in [0.1, 0.15) is 12.4 Å². The predicted molar refractivity (Wildman–Crippen MR) is 99.7 cm³/mol. The van der Waals surface area contributed by atoms with E-state index >= 15 is 0 Å². The molecule has 0 radical (unpaired) electrons. The molecule has 3 rings (SSSR count). The fourth-order valence-electron chi connectivity index (χ4n) is 2.48. The van der Waals surface area contributed by atoms with Gasteiger partial charge in [-0.3, -0.25) is 15.6 Å². The minimum atomic E-state index is -4.52. The third-order valence-corrected chi connectivity index (χ3v) is 3.91. The number of rotatable bonds is 6. The molecule has 0 aromatic heterocycles. The van der Waals surface area contributed by atoms with Gasteiger partial charge in [-0.25, -0.2) is 0 Å². The van der Waals surface area contributed by atoms with Gasteiger partial charge in [0, 0.05) is 5.56 Å². The van der Waals surface area contributed by atoms with Gasteiger partial charge >= 0.3 is 6.18 Å². The second-order valence-electron chi connectivity index (χ2n) is 5.92. The Morgan fingerprint density at radius 1 is 0.857 bits per heavy atom. The van der Waals surface area contributed by atoms with Crippen molar-refractivity contribution in [2.24, 2.45) is 0 Å². The Morgan fingerprint density at radius 2 is 1.50 bits per heavy atom. The SMILES string of the molecule is O=C(NNc1ccccc1C(F)(F)F)c1ccc(OCc2ccccc2)cc1. The molecule has 0 saturated carbocycles. The summed E-state index contributed by atoms with van der Waals surface area (Å²) in [5.74, 6) is 0.0161. The molecule has 0 saturated heterocycles. The molecule has 2 N–H and O–H groups in total. The van der Waals surface area contributed by atoms with Crippen molar-refractivity contribution in [2.45, 2.75) is 12.8 Å². The monoisotopic (exact) mass is 386 g/mol. The normalized spacial score (nSPS) is 11.0. The molecule has 0 heterocycles. The molecular weight excluding hydrogens is 369 g/mol. The number of carbonyl (C=O) groups excluding carboxylic acids is 1. The number of amides is 1. The van der Waals surface area contributed by atoms with E-state index in [0.29, 0.717) is 12.4 Å². The standard InChI is InChI=1S/C21H17F3N2O2/c22-21(23,24)18-8-4-5-9-19(18)25-26-20(27)16-10-12-17(13-11-16)28-14-15-6-2-1-3-7-15/h1-13,25H,14H2,(H,26,27). The summed E-state index contributed by atoms with van der Waals surface area (Å²) >= 11 is 0. The zero-order valence-electron chi connectivity index (χ0n) is 14.7. The Kier molecular flexibility index (Phi) is 5.84. The van der Waals surface area contributed by atoms with Gasteiger partial charge in [0.25, 0.3) is 5.91 Å². The van der Waals surface area contributed by atoms with Gasteiger partial charge in [-0.2, -0.15) is 13.2 Å². The molecule has 0 fully saturated rings. The highest BCUT2D eigenvalue weighted by atomic mass is 19.4. The summed E-state index contributed by atoms with van der Waals surface area (Å²) in [6, 6.07) is 20.8. The van der Waals surface area contributed by atoms with E-state index in [1.807, 2.05) is 30.3 Å². The molecule has 4 nitrogen and oxygen atoms in total. The van der Waals surface area contributed by atoms with Gasteiger partial charge < -0.3 is 4.74 Å². The van der Waals surface area contributed by atoms with Crippen molar-refractivity contribution in [1.29, 1.82) is 0 Å². The number of carbonyl (C=O) groups is 1. The van der Waals surface area contributed by atoms with Gasteiger partial charge in [0.15, 0.2) is 0 Å². The average Bonchev–Trinajstić information content (AvgIpc) is 2.71. The van der Waals surface area contributed by atoms with E-state index in [-0.39, 0.29) is 11.3 Å². The van der Waals surface area contributed by atoms with E-state index in [9.17, 15) is 18.0 Å². The van der Waals surface area contributed by atoms with Crippen LogP contribution >= 0.6 is 0 Å². The van der Waals surface area contributed by atoms with Crippen LogP contribution in [0.25, 0.3) is 0 Å². The molecule has 0 unspecified atom stereocenters. The largest absolute Gasteiger partial charge is 0.489 e. The zero-order chi connectivity index (χ0) is 20.0. The first-order chi connectivity index (χ1) is 13.4. The number of nitrogens with one attached hydrogen (secondary N) is 2. The average molecular weight is 386 g/mol. The lowest BCUT2D eigenvalue weighted by Crippen LogP contribution is -2.30. The maximum atomic E-state index is 13.0. The number of benzene rings is 3. The molecule has 3 aromatic carbocycles. The number of alkyl halides is 3. The lowest BCUT2D eigenvalue weighted by atomic mass is 10.2. The van der Waals surface area contributed by atoms with Crippen LogP contribution in [-0.4, -0.2) is 5.91 Å². The Labute approximate surface area is 159 Å². The molecule has 0 bridgehead atoms. The molecule has 0 aliphatic heterocycles. The van der Waals surface area contributed by atoms with Crippen LogP contribution in [0.15, 0.2) is 78.9 Å². The first-order valence-corrected chi connectivity index (χ1v) is 8.43. The summed E-state index contributed by atoms with van der Waals surface area (Å²) in [6.45, 7) is 0.391. The van der Waals surface area contributed by atoms with Crippen molar-refractivity contribution in [1.82, 2.24) is 5.43 Å². The fraction of sp³-hybridized carbons (Fsp3) is 0.0952. The highest BCUT2D eigenvalue weighted by molar-refractivity contribution is 5.95. The minimum absolute atomic E-state index is 0.230. The smallest absolute Gasteiger partial charge is 0.418 e. The van der Waals surface area contributed by atoms with Crippen molar-refractivity contribution in [3.8, 4) is 5.75 Å². The van der Waals surface area contributed by atoms with E-state index < -0.39 is 17.6 Å². The Bertz CT molecular complexity index is 926. The lowest BCUT2D eigenvalue weighted by molar-refractivity contribution is -0.137. The molecule has 1 amide bonds. The second kappa shape index (κ2) is 8.47. The summed E-state index contributed by atoms with van der Waals surface area (Å²) in [4.78, 5) is 12.2. The molecule has 0 aliphatic rings. The second-order valence-corrected chi connectivity index (χ2v) is 5.92. The van der Waals surface area contributed by atoms with E-state index in [1.165, 1.54) is 30.3 Å². The van der Waals surface area contributed by atoms with Gasteiger partial charge in [0.2, 0.25) is 0 Å². The van der Waals surface area contributed by atoms with Crippen molar-refractivity contribution in [3.63, 3.8) is 0 Å². The Balaban J connectivity index is 1.58. The first kappa shape index (κ1) is 19.3. The number of para-hydroxylation sites is 1. The van der Waals surface area contributed by atoms with E-state index in [0.717, 1.165) is 11.6 Å². The molecular formula is C21H17F3N2O2.